The Morgan fingerprint density at radius 3 is 1.23 bits per heavy atom. The number of nitrogens with zero attached hydrogens (tertiary/aromatic N) is 2. The van der Waals surface area contributed by atoms with E-state index in [4.69, 9.17) is 0 Å². The standard InChI is InChI=1S/2C3H7.2C2H6N.Sn/c4*1-3-2;/h2*1,3H2,2H3;2*1-2H3;/q;;2*-1;+2. The first-order valence-electron chi connectivity index (χ1n) is 5.36. The summed E-state index contributed by atoms with van der Waals surface area (Å²) >= 11 is -2.08. The Bertz CT molecular complexity index is 119. The zero-order chi connectivity index (χ0) is 10.5. The molecule has 80 valence electrons. The van der Waals surface area contributed by atoms with E-state index < -0.39 is 18.9 Å². The van der Waals surface area contributed by atoms with Gasteiger partial charge in [-0.05, 0) is 0 Å². The van der Waals surface area contributed by atoms with Crippen molar-refractivity contribution in [2.45, 2.75) is 35.6 Å². The first-order chi connectivity index (χ1) is 6.01. The van der Waals surface area contributed by atoms with Gasteiger partial charge in [-0.1, -0.05) is 0 Å². The molecule has 0 aliphatic rings. The van der Waals surface area contributed by atoms with Crippen molar-refractivity contribution in [1.82, 2.24) is 6.24 Å². The van der Waals surface area contributed by atoms with Crippen LogP contribution in [0.25, 0.3) is 0 Å². The Balaban J connectivity index is 4.59. The summed E-state index contributed by atoms with van der Waals surface area (Å²) in [6.45, 7) is 4.63. The molecule has 0 fully saturated rings. The second-order valence-corrected chi connectivity index (χ2v) is 17.8. The molecule has 0 saturated carbocycles. The van der Waals surface area contributed by atoms with E-state index in [-0.39, 0.29) is 0 Å². The number of hydrogen-bond acceptors (Lipinski definition) is 2. The van der Waals surface area contributed by atoms with Crippen LogP contribution in [0.4, 0.5) is 0 Å². The van der Waals surface area contributed by atoms with Gasteiger partial charge in [0.15, 0.2) is 0 Å². The molecule has 13 heavy (non-hydrogen) atoms. The molecule has 0 aromatic rings. The van der Waals surface area contributed by atoms with E-state index in [0.717, 1.165) is 0 Å². The normalized spacial score (nSPS) is 12.9. The fourth-order valence-electron chi connectivity index (χ4n) is 2.22. The van der Waals surface area contributed by atoms with Gasteiger partial charge < -0.3 is 0 Å². The molecular formula is C10H26N2Sn. The molecular weight excluding hydrogens is 267 g/mol. The van der Waals surface area contributed by atoms with Gasteiger partial charge in [0.05, 0.1) is 0 Å². The van der Waals surface area contributed by atoms with Crippen molar-refractivity contribution in [2.24, 2.45) is 0 Å². The molecule has 0 saturated heterocycles. The molecule has 0 aliphatic heterocycles. The topological polar surface area (TPSA) is 6.48 Å². The maximum absolute atomic E-state index is 2.57. The van der Waals surface area contributed by atoms with Crippen molar-refractivity contribution in [3.05, 3.63) is 0 Å². The Morgan fingerprint density at radius 2 is 1.08 bits per heavy atom. The zero-order valence-corrected chi connectivity index (χ0v) is 13.1. The molecule has 3 heteroatoms. The van der Waals surface area contributed by atoms with Gasteiger partial charge >= 0.3 is 88.9 Å². The second kappa shape index (κ2) is 6.25. The molecule has 0 radical (unpaired) electrons. The van der Waals surface area contributed by atoms with Gasteiger partial charge in [0, 0.05) is 0 Å². The van der Waals surface area contributed by atoms with E-state index in [1.54, 1.807) is 0 Å². The molecule has 0 heterocycles. The van der Waals surface area contributed by atoms with Crippen LogP contribution in [-0.4, -0.2) is 53.4 Å². The third kappa shape index (κ3) is 3.40. The predicted molar refractivity (Wildman–Crippen MR) is 63.3 cm³/mol. The van der Waals surface area contributed by atoms with Crippen LogP contribution in [0, 0.1) is 0 Å². The summed E-state index contributed by atoms with van der Waals surface area (Å²) in [6, 6.07) is 0. The molecule has 2 nitrogen and oxygen atoms in total. The van der Waals surface area contributed by atoms with Crippen molar-refractivity contribution in [1.29, 1.82) is 0 Å². The fourth-order valence-corrected chi connectivity index (χ4v) is 14.9. The van der Waals surface area contributed by atoms with Crippen LogP contribution in [0.15, 0.2) is 0 Å². The van der Waals surface area contributed by atoms with Crippen LogP contribution in [0.2, 0.25) is 8.87 Å². The van der Waals surface area contributed by atoms with Gasteiger partial charge in [-0.15, -0.1) is 0 Å². The van der Waals surface area contributed by atoms with Gasteiger partial charge in [0.1, 0.15) is 0 Å². The molecule has 0 aliphatic carbocycles. The molecule has 0 spiro atoms. The molecule has 0 N–H and O–H groups in total. The van der Waals surface area contributed by atoms with Crippen molar-refractivity contribution < 1.29 is 0 Å². The Kier molecular flexibility index (Phi) is 6.59. The van der Waals surface area contributed by atoms with E-state index >= 15 is 0 Å². The van der Waals surface area contributed by atoms with Crippen LogP contribution >= 0.6 is 0 Å². The van der Waals surface area contributed by atoms with Gasteiger partial charge in [-0.2, -0.15) is 0 Å². The third-order valence-corrected chi connectivity index (χ3v) is 19.9. The first-order valence-corrected chi connectivity index (χ1v) is 11.9. The van der Waals surface area contributed by atoms with Crippen LogP contribution < -0.4 is 0 Å². The van der Waals surface area contributed by atoms with Crippen molar-refractivity contribution >= 4 is 18.9 Å². The summed E-state index contributed by atoms with van der Waals surface area (Å²) < 4.78 is 8.06. The number of rotatable bonds is 6. The van der Waals surface area contributed by atoms with Crippen LogP contribution in [-0.2, 0) is 0 Å². The van der Waals surface area contributed by atoms with E-state index in [1.807, 2.05) is 0 Å². The van der Waals surface area contributed by atoms with Gasteiger partial charge in [-0.25, -0.2) is 0 Å². The predicted octanol–water partition coefficient (Wildman–Crippen LogP) is 2.37. The third-order valence-electron chi connectivity index (χ3n) is 2.97. The summed E-state index contributed by atoms with van der Waals surface area (Å²) in [5.74, 6) is 0. The number of hydrogen-bond donors (Lipinski definition) is 0. The Hall–Kier alpha value is 0.719. The summed E-state index contributed by atoms with van der Waals surface area (Å²) in [5, 5.41) is 0. The quantitative estimate of drug-likeness (QED) is 0.694. The average molecular weight is 293 g/mol. The van der Waals surface area contributed by atoms with Crippen molar-refractivity contribution in [3.8, 4) is 0 Å². The van der Waals surface area contributed by atoms with E-state index in [0.29, 0.717) is 0 Å². The van der Waals surface area contributed by atoms with E-state index in [1.165, 1.54) is 21.7 Å². The summed E-state index contributed by atoms with van der Waals surface area (Å²) in [5.41, 5.74) is 0. The molecule has 0 bridgehead atoms. The molecule has 0 aromatic heterocycles. The molecule has 0 rings (SSSR count). The van der Waals surface area contributed by atoms with Gasteiger partial charge in [0.2, 0.25) is 0 Å². The van der Waals surface area contributed by atoms with Gasteiger partial charge in [-0.3, -0.25) is 0 Å². The summed E-state index contributed by atoms with van der Waals surface area (Å²) in [7, 11) is 9.12. The summed E-state index contributed by atoms with van der Waals surface area (Å²) in [4.78, 5) is 0. The molecule has 0 atom stereocenters. The van der Waals surface area contributed by atoms with Crippen LogP contribution in [0.1, 0.15) is 26.7 Å². The van der Waals surface area contributed by atoms with Gasteiger partial charge in [0.25, 0.3) is 0 Å². The molecule has 0 unspecified atom stereocenters. The monoisotopic (exact) mass is 294 g/mol. The van der Waals surface area contributed by atoms with E-state index in [2.05, 4.69) is 48.3 Å². The zero-order valence-electron chi connectivity index (χ0n) is 10.2. The Morgan fingerprint density at radius 1 is 0.769 bits per heavy atom. The average Bonchev–Trinajstić information content (AvgIpc) is 2.03. The first kappa shape index (κ1) is 13.7. The fraction of sp³-hybridized carbons (Fsp3) is 1.00. The molecule has 0 amide bonds. The second-order valence-electron chi connectivity index (χ2n) is 4.27. The Labute approximate surface area is 88.9 Å². The van der Waals surface area contributed by atoms with Crippen molar-refractivity contribution in [3.63, 3.8) is 0 Å². The minimum atomic E-state index is -2.08. The van der Waals surface area contributed by atoms with Crippen LogP contribution in [0.3, 0.4) is 0 Å². The van der Waals surface area contributed by atoms with E-state index in [9.17, 15) is 0 Å². The molecule has 0 aromatic carbocycles. The summed E-state index contributed by atoms with van der Waals surface area (Å²) in [6.07, 6.45) is 2.68. The minimum absolute atomic E-state index is 1.34. The maximum atomic E-state index is 2.57. The van der Waals surface area contributed by atoms with Crippen molar-refractivity contribution in [2.75, 3.05) is 28.2 Å². The van der Waals surface area contributed by atoms with Crippen LogP contribution in [0.5, 0.6) is 0 Å². The SMILES string of the molecule is CC[CH2][Sn]([CH2]CC)([N](C)C)[N](C)C.